The fourth-order valence-corrected chi connectivity index (χ4v) is 3.78. The minimum Gasteiger partial charge on any atom is -0.298 e. The molecular weight excluding hydrogens is 342 g/mol. The van der Waals surface area contributed by atoms with E-state index in [1.54, 1.807) is 0 Å². The lowest BCUT2D eigenvalue weighted by Gasteiger charge is -2.26. The molecule has 0 N–H and O–H groups in total. The van der Waals surface area contributed by atoms with Gasteiger partial charge in [0, 0.05) is 17.0 Å². The summed E-state index contributed by atoms with van der Waals surface area (Å²) in [6.07, 6.45) is 2.08. The Morgan fingerprint density at radius 3 is 2.21 bits per heavy atom. The lowest BCUT2D eigenvalue weighted by molar-refractivity contribution is 0.624. The highest BCUT2D eigenvalue weighted by Crippen LogP contribution is 2.37. The summed E-state index contributed by atoms with van der Waals surface area (Å²) in [5.74, 6) is 0. The Bertz CT molecular complexity index is 1250. The summed E-state index contributed by atoms with van der Waals surface area (Å²) in [4.78, 5) is 10.0. The molecule has 28 heavy (non-hydrogen) atoms. The standard InChI is InChI=1S/C23H19N3.C2H6/c1-23(2,16-10-4-3-5-11-16)22-21-20(17-12-6-7-13-18(17)24-22)25-19-14-8-9-15-26(19)21;1-2/h3-15H,1-2H3;1-2H3. The fourth-order valence-electron chi connectivity index (χ4n) is 3.78. The minimum atomic E-state index is -0.241. The third-order valence-corrected chi connectivity index (χ3v) is 5.23. The van der Waals surface area contributed by atoms with E-state index in [9.17, 15) is 0 Å². The molecule has 0 bridgehead atoms. The van der Waals surface area contributed by atoms with Gasteiger partial charge in [0.1, 0.15) is 11.2 Å². The fraction of sp³-hybridized carbons (Fsp3) is 0.200. The first-order valence-electron chi connectivity index (χ1n) is 9.88. The van der Waals surface area contributed by atoms with Crippen molar-refractivity contribution in [3.8, 4) is 0 Å². The van der Waals surface area contributed by atoms with Gasteiger partial charge in [-0.15, -0.1) is 0 Å². The van der Waals surface area contributed by atoms with Gasteiger partial charge in [-0.25, -0.2) is 9.97 Å². The predicted octanol–water partition coefficient (Wildman–Crippen LogP) is 6.39. The molecule has 3 heterocycles. The number of hydrogen-bond acceptors (Lipinski definition) is 2. The van der Waals surface area contributed by atoms with E-state index in [0.717, 1.165) is 33.3 Å². The molecule has 3 aromatic heterocycles. The maximum absolute atomic E-state index is 5.11. The number of nitrogens with zero attached hydrogens (tertiary/aromatic N) is 3. The van der Waals surface area contributed by atoms with Gasteiger partial charge in [-0.2, -0.15) is 0 Å². The van der Waals surface area contributed by atoms with Crippen molar-refractivity contribution < 1.29 is 0 Å². The van der Waals surface area contributed by atoms with E-state index in [4.69, 9.17) is 9.97 Å². The van der Waals surface area contributed by atoms with Crippen molar-refractivity contribution in [3.63, 3.8) is 0 Å². The summed E-state index contributed by atoms with van der Waals surface area (Å²) >= 11 is 0. The number of benzene rings is 2. The zero-order valence-corrected chi connectivity index (χ0v) is 16.8. The van der Waals surface area contributed by atoms with Gasteiger partial charge >= 0.3 is 0 Å². The molecule has 0 aliphatic carbocycles. The highest BCUT2D eigenvalue weighted by atomic mass is 15.0. The number of aromatic nitrogens is 3. The van der Waals surface area contributed by atoms with E-state index in [-0.39, 0.29) is 5.41 Å². The lowest BCUT2D eigenvalue weighted by Crippen LogP contribution is -2.21. The third kappa shape index (κ3) is 2.75. The number of para-hydroxylation sites is 1. The molecule has 0 amide bonds. The lowest BCUT2D eigenvalue weighted by atomic mass is 9.80. The second-order valence-electron chi connectivity index (χ2n) is 7.21. The molecule has 140 valence electrons. The molecule has 0 atom stereocenters. The van der Waals surface area contributed by atoms with Crippen LogP contribution in [0.4, 0.5) is 0 Å². The van der Waals surface area contributed by atoms with Crippen LogP contribution >= 0.6 is 0 Å². The first-order chi connectivity index (χ1) is 13.7. The van der Waals surface area contributed by atoms with E-state index in [1.807, 2.05) is 38.1 Å². The van der Waals surface area contributed by atoms with Crippen LogP contribution in [0, 0.1) is 0 Å². The third-order valence-electron chi connectivity index (χ3n) is 5.23. The SMILES string of the molecule is CC.CC(C)(c1ccccc1)c1nc2ccccc2c2nc3ccccn3c12. The van der Waals surface area contributed by atoms with Gasteiger partial charge in [-0.3, -0.25) is 4.40 Å². The normalized spacial score (nSPS) is 11.6. The van der Waals surface area contributed by atoms with E-state index in [2.05, 4.69) is 73.0 Å². The predicted molar refractivity (Wildman–Crippen MR) is 118 cm³/mol. The van der Waals surface area contributed by atoms with Crippen LogP contribution in [0.25, 0.3) is 27.6 Å². The van der Waals surface area contributed by atoms with Crippen LogP contribution in [0.5, 0.6) is 0 Å². The van der Waals surface area contributed by atoms with Crippen LogP contribution in [0.3, 0.4) is 0 Å². The van der Waals surface area contributed by atoms with Crippen molar-refractivity contribution in [2.75, 3.05) is 0 Å². The summed E-state index contributed by atoms with van der Waals surface area (Å²) < 4.78 is 2.16. The maximum Gasteiger partial charge on any atom is 0.137 e. The summed E-state index contributed by atoms with van der Waals surface area (Å²) in [7, 11) is 0. The monoisotopic (exact) mass is 367 g/mol. The van der Waals surface area contributed by atoms with E-state index >= 15 is 0 Å². The molecule has 0 radical (unpaired) electrons. The van der Waals surface area contributed by atoms with Crippen molar-refractivity contribution >= 4 is 27.6 Å². The van der Waals surface area contributed by atoms with Gasteiger partial charge in [-0.1, -0.05) is 82.3 Å². The number of fused-ring (bicyclic) bond motifs is 5. The van der Waals surface area contributed by atoms with E-state index in [0.29, 0.717) is 0 Å². The smallest absolute Gasteiger partial charge is 0.137 e. The van der Waals surface area contributed by atoms with Crippen molar-refractivity contribution in [2.45, 2.75) is 33.1 Å². The average Bonchev–Trinajstić information content (AvgIpc) is 3.15. The Kier molecular flexibility index (Phi) is 4.60. The van der Waals surface area contributed by atoms with Gasteiger partial charge in [0.05, 0.1) is 16.7 Å². The second kappa shape index (κ2) is 7.08. The Hall–Kier alpha value is -3.20. The summed E-state index contributed by atoms with van der Waals surface area (Å²) in [5, 5.41) is 1.10. The molecule has 0 fully saturated rings. The first-order valence-corrected chi connectivity index (χ1v) is 9.88. The zero-order chi connectivity index (χ0) is 19.7. The Labute approximate surface area is 165 Å². The van der Waals surface area contributed by atoms with Crippen LogP contribution in [-0.2, 0) is 5.41 Å². The van der Waals surface area contributed by atoms with Crippen molar-refractivity contribution in [3.05, 3.63) is 90.3 Å². The molecule has 0 saturated carbocycles. The molecule has 0 unspecified atom stereocenters. The highest BCUT2D eigenvalue weighted by Gasteiger charge is 2.29. The average molecular weight is 367 g/mol. The summed E-state index contributed by atoms with van der Waals surface area (Å²) in [6, 6.07) is 25.0. The van der Waals surface area contributed by atoms with Gasteiger partial charge in [-0.05, 0) is 23.8 Å². The maximum atomic E-state index is 5.11. The van der Waals surface area contributed by atoms with Gasteiger partial charge < -0.3 is 0 Å². The Morgan fingerprint density at radius 1 is 0.750 bits per heavy atom. The Balaban J connectivity index is 0.000000932. The van der Waals surface area contributed by atoms with Gasteiger partial charge in [0.25, 0.3) is 0 Å². The summed E-state index contributed by atoms with van der Waals surface area (Å²) in [6.45, 7) is 8.47. The summed E-state index contributed by atoms with van der Waals surface area (Å²) in [5.41, 5.74) is 6.10. The number of imidazole rings is 1. The first kappa shape index (κ1) is 18.2. The molecular formula is C25H25N3. The molecule has 3 nitrogen and oxygen atoms in total. The van der Waals surface area contributed by atoms with Gasteiger partial charge in [0.15, 0.2) is 0 Å². The molecule has 3 heteroatoms. The molecule has 0 saturated heterocycles. The Morgan fingerprint density at radius 2 is 1.43 bits per heavy atom. The molecule has 0 aliphatic rings. The molecule has 0 aliphatic heterocycles. The number of hydrogen-bond donors (Lipinski definition) is 0. The molecule has 5 rings (SSSR count). The van der Waals surface area contributed by atoms with Gasteiger partial charge in [0.2, 0.25) is 0 Å². The van der Waals surface area contributed by atoms with Crippen LogP contribution < -0.4 is 0 Å². The highest BCUT2D eigenvalue weighted by molar-refractivity contribution is 6.05. The van der Waals surface area contributed by atoms with E-state index in [1.165, 1.54) is 5.56 Å². The molecule has 5 aromatic rings. The minimum absolute atomic E-state index is 0.241. The van der Waals surface area contributed by atoms with Crippen LogP contribution in [0.15, 0.2) is 79.0 Å². The second-order valence-corrected chi connectivity index (χ2v) is 7.21. The quantitative estimate of drug-likeness (QED) is 0.362. The topological polar surface area (TPSA) is 30.2 Å². The molecule has 2 aromatic carbocycles. The van der Waals surface area contributed by atoms with Crippen LogP contribution in [0.2, 0.25) is 0 Å². The zero-order valence-electron chi connectivity index (χ0n) is 16.8. The number of rotatable bonds is 2. The van der Waals surface area contributed by atoms with Crippen molar-refractivity contribution in [2.24, 2.45) is 0 Å². The number of pyridine rings is 2. The molecule has 0 spiro atoms. The largest absolute Gasteiger partial charge is 0.298 e. The van der Waals surface area contributed by atoms with E-state index < -0.39 is 0 Å². The van der Waals surface area contributed by atoms with Crippen LogP contribution in [-0.4, -0.2) is 14.4 Å². The van der Waals surface area contributed by atoms with Crippen molar-refractivity contribution in [1.29, 1.82) is 0 Å². The van der Waals surface area contributed by atoms with Crippen LogP contribution in [0.1, 0.15) is 39.0 Å². The van der Waals surface area contributed by atoms with Crippen molar-refractivity contribution in [1.82, 2.24) is 14.4 Å².